The molecule has 0 atom stereocenters. The fourth-order valence-electron chi connectivity index (χ4n) is 2.92. The minimum atomic E-state index is -0.0642. The van der Waals surface area contributed by atoms with E-state index in [-0.39, 0.29) is 11.8 Å². The molecule has 1 aliphatic heterocycles. The SMILES string of the molecule is Cc1c(NC(=O)CN2CCCN(C(=O)c3ccoc3)CC2)cnn1C. The molecule has 0 aromatic carbocycles. The number of furan rings is 1. The van der Waals surface area contributed by atoms with Gasteiger partial charge in [-0.05, 0) is 19.4 Å². The van der Waals surface area contributed by atoms with Gasteiger partial charge in [0.15, 0.2) is 0 Å². The van der Waals surface area contributed by atoms with Crippen LogP contribution in [0.4, 0.5) is 5.69 Å². The molecule has 0 radical (unpaired) electrons. The molecule has 8 heteroatoms. The van der Waals surface area contributed by atoms with Crippen LogP contribution in [0.2, 0.25) is 0 Å². The molecule has 3 rings (SSSR count). The average molecular weight is 345 g/mol. The fourth-order valence-corrected chi connectivity index (χ4v) is 2.92. The molecule has 1 fully saturated rings. The molecule has 25 heavy (non-hydrogen) atoms. The third kappa shape index (κ3) is 4.08. The van der Waals surface area contributed by atoms with E-state index in [0.717, 1.165) is 24.3 Å². The monoisotopic (exact) mass is 345 g/mol. The predicted molar refractivity (Wildman–Crippen MR) is 92.2 cm³/mol. The minimum Gasteiger partial charge on any atom is -0.472 e. The molecule has 2 aromatic heterocycles. The maximum atomic E-state index is 12.4. The Hall–Kier alpha value is -2.61. The zero-order valence-electron chi connectivity index (χ0n) is 14.6. The number of nitrogens with one attached hydrogen (secondary N) is 1. The molecule has 1 N–H and O–H groups in total. The van der Waals surface area contributed by atoms with Crippen molar-refractivity contribution < 1.29 is 14.0 Å². The van der Waals surface area contributed by atoms with E-state index < -0.39 is 0 Å². The number of rotatable bonds is 4. The van der Waals surface area contributed by atoms with E-state index in [2.05, 4.69) is 15.3 Å². The first kappa shape index (κ1) is 17.2. The highest BCUT2D eigenvalue weighted by atomic mass is 16.3. The van der Waals surface area contributed by atoms with Gasteiger partial charge in [0, 0.05) is 33.2 Å². The normalized spacial score (nSPS) is 15.8. The largest absolute Gasteiger partial charge is 0.472 e. The number of hydrogen-bond donors (Lipinski definition) is 1. The molecule has 0 spiro atoms. The Labute approximate surface area is 146 Å². The Balaban J connectivity index is 1.52. The third-order valence-corrected chi connectivity index (χ3v) is 4.52. The van der Waals surface area contributed by atoms with Crippen LogP contribution in [-0.4, -0.2) is 64.1 Å². The predicted octanol–water partition coefficient (Wildman–Crippen LogP) is 1.11. The first-order valence-electron chi connectivity index (χ1n) is 8.37. The number of hydrogen-bond acceptors (Lipinski definition) is 5. The summed E-state index contributed by atoms with van der Waals surface area (Å²) >= 11 is 0. The van der Waals surface area contributed by atoms with Crippen LogP contribution >= 0.6 is 0 Å². The van der Waals surface area contributed by atoms with Gasteiger partial charge < -0.3 is 14.6 Å². The molecule has 3 heterocycles. The zero-order chi connectivity index (χ0) is 17.8. The zero-order valence-corrected chi connectivity index (χ0v) is 14.6. The number of aromatic nitrogens is 2. The fraction of sp³-hybridized carbons (Fsp3) is 0.471. The number of amides is 2. The van der Waals surface area contributed by atoms with E-state index in [1.54, 1.807) is 16.9 Å². The Kier molecular flexibility index (Phi) is 5.18. The molecule has 0 bridgehead atoms. The van der Waals surface area contributed by atoms with Gasteiger partial charge in [0.05, 0.1) is 35.9 Å². The van der Waals surface area contributed by atoms with E-state index >= 15 is 0 Å². The van der Waals surface area contributed by atoms with E-state index in [0.29, 0.717) is 31.7 Å². The van der Waals surface area contributed by atoms with E-state index in [1.165, 1.54) is 12.5 Å². The van der Waals surface area contributed by atoms with E-state index in [9.17, 15) is 9.59 Å². The summed E-state index contributed by atoms with van der Waals surface area (Å²) in [5.41, 5.74) is 2.22. The second-order valence-corrected chi connectivity index (χ2v) is 6.25. The number of carbonyl (C=O) groups excluding carboxylic acids is 2. The Morgan fingerprint density at radius 2 is 2.12 bits per heavy atom. The van der Waals surface area contributed by atoms with Gasteiger partial charge in [0.25, 0.3) is 5.91 Å². The number of nitrogens with zero attached hydrogens (tertiary/aromatic N) is 4. The van der Waals surface area contributed by atoms with Gasteiger partial charge in [0.1, 0.15) is 6.26 Å². The van der Waals surface area contributed by atoms with E-state index in [1.807, 2.05) is 18.9 Å². The summed E-state index contributed by atoms with van der Waals surface area (Å²) in [6, 6.07) is 1.68. The van der Waals surface area contributed by atoms with Crippen molar-refractivity contribution in [2.45, 2.75) is 13.3 Å². The number of carbonyl (C=O) groups is 2. The summed E-state index contributed by atoms with van der Waals surface area (Å²) in [5, 5.41) is 7.02. The smallest absolute Gasteiger partial charge is 0.257 e. The summed E-state index contributed by atoms with van der Waals surface area (Å²) in [7, 11) is 1.84. The van der Waals surface area contributed by atoms with Crippen LogP contribution < -0.4 is 5.32 Å². The first-order chi connectivity index (χ1) is 12.0. The molecule has 2 amide bonds. The second kappa shape index (κ2) is 7.52. The maximum Gasteiger partial charge on any atom is 0.257 e. The summed E-state index contributed by atoms with van der Waals surface area (Å²) in [6.45, 7) is 4.96. The lowest BCUT2D eigenvalue weighted by Crippen LogP contribution is -2.38. The second-order valence-electron chi connectivity index (χ2n) is 6.25. The Morgan fingerprint density at radius 1 is 1.28 bits per heavy atom. The first-order valence-corrected chi connectivity index (χ1v) is 8.37. The Morgan fingerprint density at radius 3 is 2.80 bits per heavy atom. The van der Waals surface area contributed by atoms with Gasteiger partial charge >= 0.3 is 0 Å². The van der Waals surface area contributed by atoms with E-state index in [4.69, 9.17) is 4.42 Å². The van der Waals surface area contributed by atoms with Crippen molar-refractivity contribution in [1.82, 2.24) is 19.6 Å². The molecule has 1 saturated heterocycles. The molecule has 0 aliphatic carbocycles. The quantitative estimate of drug-likeness (QED) is 0.897. The molecule has 8 nitrogen and oxygen atoms in total. The van der Waals surface area contributed by atoms with Gasteiger partial charge in [-0.3, -0.25) is 19.2 Å². The van der Waals surface area contributed by atoms with Crippen LogP contribution in [0.1, 0.15) is 22.5 Å². The lowest BCUT2D eigenvalue weighted by Gasteiger charge is -2.21. The van der Waals surface area contributed by atoms with Crippen molar-refractivity contribution in [1.29, 1.82) is 0 Å². The lowest BCUT2D eigenvalue weighted by molar-refractivity contribution is -0.117. The van der Waals surface area contributed by atoms with Crippen LogP contribution in [0.5, 0.6) is 0 Å². The van der Waals surface area contributed by atoms with Crippen LogP contribution in [0, 0.1) is 6.92 Å². The van der Waals surface area contributed by atoms with Crippen LogP contribution in [-0.2, 0) is 11.8 Å². The van der Waals surface area contributed by atoms with Crippen molar-refractivity contribution in [3.8, 4) is 0 Å². The standard InChI is InChI=1S/C17H23N5O3/c1-13-15(10-18-20(13)2)19-16(23)11-21-5-3-6-22(8-7-21)17(24)14-4-9-25-12-14/h4,9-10,12H,3,5-8,11H2,1-2H3,(H,19,23). The molecule has 0 saturated carbocycles. The summed E-state index contributed by atoms with van der Waals surface area (Å²) < 4.78 is 6.70. The maximum absolute atomic E-state index is 12.4. The number of aryl methyl sites for hydroxylation is 1. The van der Waals surface area contributed by atoms with Crippen molar-refractivity contribution >= 4 is 17.5 Å². The molecular formula is C17H23N5O3. The highest BCUT2D eigenvalue weighted by Crippen LogP contribution is 2.13. The van der Waals surface area contributed by atoms with Crippen LogP contribution in [0.3, 0.4) is 0 Å². The lowest BCUT2D eigenvalue weighted by atomic mass is 10.3. The van der Waals surface area contributed by atoms with Gasteiger partial charge in [-0.25, -0.2) is 0 Å². The minimum absolute atomic E-state index is 0.0222. The Bertz CT molecular complexity index is 738. The van der Waals surface area contributed by atoms with Gasteiger partial charge in [-0.15, -0.1) is 0 Å². The van der Waals surface area contributed by atoms with Gasteiger partial charge in [-0.2, -0.15) is 5.10 Å². The summed E-state index contributed by atoms with van der Waals surface area (Å²) in [6.07, 6.45) is 5.46. The van der Waals surface area contributed by atoms with Crippen LogP contribution in [0.25, 0.3) is 0 Å². The highest BCUT2D eigenvalue weighted by molar-refractivity contribution is 5.94. The number of anilines is 1. The topological polar surface area (TPSA) is 83.6 Å². The molecular weight excluding hydrogens is 322 g/mol. The molecule has 134 valence electrons. The summed E-state index contributed by atoms with van der Waals surface area (Å²) in [4.78, 5) is 28.5. The van der Waals surface area contributed by atoms with Crippen molar-refractivity contribution in [2.75, 3.05) is 38.0 Å². The van der Waals surface area contributed by atoms with Gasteiger partial charge in [0.2, 0.25) is 5.91 Å². The third-order valence-electron chi connectivity index (χ3n) is 4.52. The molecule has 2 aromatic rings. The average Bonchev–Trinajstić information content (AvgIpc) is 3.16. The summed E-state index contributed by atoms with van der Waals surface area (Å²) in [5.74, 6) is -0.0863. The molecule has 0 unspecified atom stereocenters. The van der Waals surface area contributed by atoms with Crippen LogP contribution in [0.15, 0.2) is 29.2 Å². The van der Waals surface area contributed by atoms with Crippen molar-refractivity contribution in [3.63, 3.8) is 0 Å². The highest BCUT2D eigenvalue weighted by Gasteiger charge is 2.22. The van der Waals surface area contributed by atoms with Crippen molar-refractivity contribution in [3.05, 3.63) is 36.0 Å². The molecule has 1 aliphatic rings. The van der Waals surface area contributed by atoms with Crippen molar-refractivity contribution in [2.24, 2.45) is 7.05 Å². The van der Waals surface area contributed by atoms with Gasteiger partial charge in [-0.1, -0.05) is 0 Å².